The Morgan fingerprint density at radius 1 is 1.21 bits per heavy atom. The second-order valence-corrected chi connectivity index (χ2v) is 6.67. The van der Waals surface area contributed by atoms with Crippen LogP contribution < -0.4 is 10.6 Å². The molecule has 0 spiro atoms. The molecule has 1 saturated heterocycles. The van der Waals surface area contributed by atoms with Crippen molar-refractivity contribution in [2.24, 2.45) is 16.8 Å². The van der Waals surface area contributed by atoms with Crippen LogP contribution in [-0.4, -0.2) is 65.2 Å². The van der Waals surface area contributed by atoms with Crippen LogP contribution in [0.25, 0.3) is 0 Å². The van der Waals surface area contributed by atoms with E-state index in [1.165, 1.54) is 0 Å². The van der Waals surface area contributed by atoms with Crippen molar-refractivity contribution in [1.82, 2.24) is 10.6 Å². The lowest BCUT2D eigenvalue weighted by Gasteiger charge is -2.12. The first-order chi connectivity index (χ1) is 11.7. The molecule has 142 valence electrons. The Hall–Kier alpha value is -0.850. The molecule has 0 aromatic heterocycles. The van der Waals surface area contributed by atoms with Gasteiger partial charge in [-0.3, -0.25) is 4.99 Å². The van der Waals surface area contributed by atoms with Crippen LogP contribution in [0.2, 0.25) is 0 Å². The molecule has 0 bridgehead atoms. The van der Waals surface area contributed by atoms with Gasteiger partial charge in [-0.15, -0.1) is 0 Å². The van der Waals surface area contributed by atoms with Crippen molar-refractivity contribution in [3.05, 3.63) is 0 Å². The normalized spacial score (nSPS) is 18.3. The Labute approximate surface area is 147 Å². The lowest BCUT2D eigenvalue weighted by atomic mass is 10.1. The summed E-state index contributed by atoms with van der Waals surface area (Å²) in [5, 5.41) is 6.62. The molecule has 24 heavy (non-hydrogen) atoms. The predicted molar refractivity (Wildman–Crippen MR) is 98.6 cm³/mol. The number of aliphatic imine (C=N–C) groups is 1. The molecule has 2 N–H and O–H groups in total. The Kier molecular flexibility index (Phi) is 12.8. The molecule has 1 atom stereocenters. The van der Waals surface area contributed by atoms with Crippen LogP contribution in [0.4, 0.5) is 0 Å². The SMILES string of the molecule is CCNC(=NCCCOCC(C)C)NCCCOCC1CCOC1. The van der Waals surface area contributed by atoms with Gasteiger partial charge in [0, 0.05) is 52.0 Å². The van der Waals surface area contributed by atoms with Gasteiger partial charge in [0.2, 0.25) is 0 Å². The number of hydrogen-bond donors (Lipinski definition) is 2. The van der Waals surface area contributed by atoms with E-state index < -0.39 is 0 Å². The summed E-state index contributed by atoms with van der Waals surface area (Å²) in [6.07, 6.45) is 3.07. The lowest BCUT2D eigenvalue weighted by Crippen LogP contribution is -2.38. The lowest BCUT2D eigenvalue weighted by molar-refractivity contribution is 0.0888. The first kappa shape index (κ1) is 21.2. The Morgan fingerprint density at radius 3 is 2.75 bits per heavy atom. The largest absolute Gasteiger partial charge is 0.381 e. The summed E-state index contributed by atoms with van der Waals surface area (Å²) in [7, 11) is 0. The van der Waals surface area contributed by atoms with Crippen molar-refractivity contribution in [2.45, 2.75) is 40.0 Å². The molecule has 0 radical (unpaired) electrons. The van der Waals surface area contributed by atoms with E-state index in [9.17, 15) is 0 Å². The van der Waals surface area contributed by atoms with E-state index in [0.717, 1.165) is 84.5 Å². The summed E-state index contributed by atoms with van der Waals surface area (Å²) in [5.41, 5.74) is 0. The molecule has 1 unspecified atom stereocenters. The maximum atomic E-state index is 5.71. The summed E-state index contributed by atoms with van der Waals surface area (Å²) in [6.45, 7) is 13.9. The molecule has 0 amide bonds. The van der Waals surface area contributed by atoms with E-state index in [2.05, 4.69) is 36.4 Å². The predicted octanol–water partition coefficient (Wildman–Crippen LogP) is 2.05. The third-order valence-corrected chi connectivity index (χ3v) is 3.65. The highest BCUT2D eigenvalue weighted by molar-refractivity contribution is 5.79. The molecule has 6 nitrogen and oxygen atoms in total. The van der Waals surface area contributed by atoms with Crippen molar-refractivity contribution in [1.29, 1.82) is 0 Å². The summed E-state index contributed by atoms with van der Waals surface area (Å²) < 4.78 is 16.6. The van der Waals surface area contributed by atoms with E-state index in [1.807, 2.05) is 0 Å². The van der Waals surface area contributed by atoms with E-state index in [1.54, 1.807) is 0 Å². The first-order valence-corrected chi connectivity index (χ1v) is 9.47. The fourth-order valence-electron chi connectivity index (χ4n) is 2.36. The Bertz CT molecular complexity index is 319. The number of rotatable bonds is 13. The molecular formula is C18H37N3O3. The van der Waals surface area contributed by atoms with Crippen LogP contribution in [-0.2, 0) is 14.2 Å². The summed E-state index contributed by atoms with van der Waals surface area (Å²) >= 11 is 0. The quantitative estimate of drug-likeness (QED) is 0.304. The fraction of sp³-hybridized carbons (Fsp3) is 0.944. The number of ether oxygens (including phenoxy) is 3. The average Bonchev–Trinajstić information content (AvgIpc) is 3.06. The summed E-state index contributed by atoms with van der Waals surface area (Å²) in [6, 6.07) is 0. The van der Waals surface area contributed by atoms with Crippen molar-refractivity contribution in [2.75, 3.05) is 59.3 Å². The monoisotopic (exact) mass is 343 g/mol. The Morgan fingerprint density at radius 2 is 2.04 bits per heavy atom. The molecule has 1 fully saturated rings. The van der Waals surface area contributed by atoms with Gasteiger partial charge < -0.3 is 24.8 Å². The Balaban J connectivity index is 2.01. The van der Waals surface area contributed by atoms with E-state index in [0.29, 0.717) is 11.8 Å². The second-order valence-electron chi connectivity index (χ2n) is 6.67. The van der Waals surface area contributed by atoms with Crippen LogP contribution in [0.3, 0.4) is 0 Å². The van der Waals surface area contributed by atoms with Crippen molar-refractivity contribution >= 4 is 5.96 Å². The van der Waals surface area contributed by atoms with E-state index in [-0.39, 0.29) is 0 Å². The zero-order valence-electron chi connectivity index (χ0n) is 15.8. The van der Waals surface area contributed by atoms with Gasteiger partial charge >= 0.3 is 0 Å². The highest BCUT2D eigenvalue weighted by Crippen LogP contribution is 2.12. The van der Waals surface area contributed by atoms with Gasteiger partial charge in [-0.25, -0.2) is 0 Å². The van der Waals surface area contributed by atoms with E-state index >= 15 is 0 Å². The minimum Gasteiger partial charge on any atom is -0.381 e. The number of nitrogens with one attached hydrogen (secondary N) is 2. The van der Waals surface area contributed by atoms with Gasteiger partial charge in [0.15, 0.2) is 5.96 Å². The zero-order chi connectivity index (χ0) is 17.5. The maximum absolute atomic E-state index is 5.71. The van der Waals surface area contributed by atoms with Gasteiger partial charge in [-0.2, -0.15) is 0 Å². The van der Waals surface area contributed by atoms with Crippen molar-refractivity contribution in [3.8, 4) is 0 Å². The van der Waals surface area contributed by atoms with Crippen LogP contribution in [0.1, 0.15) is 40.0 Å². The van der Waals surface area contributed by atoms with Crippen LogP contribution in [0.15, 0.2) is 4.99 Å². The fourth-order valence-corrected chi connectivity index (χ4v) is 2.36. The standard InChI is InChI=1S/C18H37N3O3/c1-4-19-18(20-8-5-10-22-13-16(2)3)21-9-6-11-23-14-17-7-12-24-15-17/h16-17H,4-15H2,1-3H3,(H2,19,20,21). The van der Waals surface area contributed by atoms with Crippen molar-refractivity contribution < 1.29 is 14.2 Å². The third kappa shape index (κ3) is 11.6. The number of guanidine groups is 1. The minimum absolute atomic E-state index is 0.592. The minimum atomic E-state index is 0.592. The average molecular weight is 344 g/mol. The molecule has 0 saturated carbocycles. The van der Waals surface area contributed by atoms with Crippen LogP contribution in [0, 0.1) is 11.8 Å². The van der Waals surface area contributed by atoms with Crippen molar-refractivity contribution in [3.63, 3.8) is 0 Å². The highest BCUT2D eigenvalue weighted by atomic mass is 16.5. The van der Waals surface area contributed by atoms with Gasteiger partial charge in [-0.05, 0) is 32.1 Å². The molecule has 0 aromatic carbocycles. The second kappa shape index (κ2) is 14.5. The van der Waals surface area contributed by atoms with Crippen LogP contribution in [0.5, 0.6) is 0 Å². The molecule has 1 aliphatic rings. The van der Waals surface area contributed by atoms with Gasteiger partial charge in [0.05, 0.1) is 13.2 Å². The zero-order valence-corrected chi connectivity index (χ0v) is 15.8. The number of nitrogens with zero attached hydrogens (tertiary/aromatic N) is 1. The molecule has 1 rings (SSSR count). The summed E-state index contributed by atoms with van der Waals surface area (Å²) in [5.74, 6) is 2.07. The van der Waals surface area contributed by atoms with Gasteiger partial charge in [-0.1, -0.05) is 13.8 Å². The smallest absolute Gasteiger partial charge is 0.191 e. The third-order valence-electron chi connectivity index (χ3n) is 3.65. The molecule has 0 aromatic rings. The van der Waals surface area contributed by atoms with Crippen LogP contribution >= 0.6 is 0 Å². The number of hydrogen-bond acceptors (Lipinski definition) is 4. The molecule has 0 aliphatic carbocycles. The summed E-state index contributed by atoms with van der Waals surface area (Å²) in [4.78, 5) is 4.57. The highest BCUT2D eigenvalue weighted by Gasteiger charge is 2.15. The van der Waals surface area contributed by atoms with Gasteiger partial charge in [0.1, 0.15) is 0 Å². The molecule has 1 heterocycles. The topological polar surface area (TPSA) is 64.1 Å². The van der Waals surface area contributed by atoms with Gasteiger partial charge in [0.25, 0.3) is 0 Å². The molecular weight excluding hydrogens is 306 g/mol. The first-order valence-electron chi connectivity index (χ1n) is 9.47. The molecule has 6 heteroatoms. The maximum Gasteiger partial charge on any atom is 0.191 e. The van der Waals surface area contributed by atoms with E-state index in [4.69, 9.17) is 14.2 Å². The molecule has 1 aliphatic heterocycles.